The molecule has 0 bridgehead atoms. The lowest BCUT2D eigenvalue weighted by Crippen LogP contribution is -2.23. The van der Waals surface area contributed by atoms with Crippen molar-refractivity contribution >= 4 is 45.6 Å². The van der Waals surface area contributed by atoms with Crippen LogP contribution < -0.4 is 10.1 Å². The zero-order valence-corrected chi connectivity index (χ0v) is 17.9. The molecule has 2 aromatic carbocycles. The molecule has 0 saturated heterocycles. The van der Waals surface area contributed by atoms with Gasteiger partial charge in [0.2, 0.25) is 4.96 Å². The van der Waals surface area contributed by atoms with Crippen molar-refractivity contribution < 1.29 is 4.42 Å². The van der Waals surface area contributed by atoms with E-state index in [0.717, 1.165) is 16.7 Å². The Kier molecular flexibility index (Phi) is 4.70. The molecule has 0 N–H and O–H groups in total. The molecule has 5 rings (SSSR count). The first-order valence-electron chi connectivity index (χ1n) is 9.02. The third kappa shape index (κ3) is 3.33. The van der Waals surface area contributed by atoms with Crippen LogP contribution in [-0.2, 0) is 0 Å². The molecule has 0 amide bonds. The van der Waals surface area contributed by atoms with Crippen LogP contribution in [0.2, 0.25) is 10.0 Å². The van der Waals surface area contributed by atoms with Crippen molar-refractivity contribution in [2.24, 2.45) is 0 Å². The van der Waals surface area contributed by atoms with E-state index in [2.05, 4.69) is 10.1 Å². The van der Waals surface area contributed by atoms with Crippen LogP contribution in [0.4, 0.5) is 0 Å². The van der Waals surface area contributed by atoms with Gasteiger partial charge in [0.05, 0.1) is 10.0 Å². The van der Waals surface area contributed by atoms with Crippen LogP contribution >= 0.6 is 34.5 Å². The van der Waals surface area contributed by atoms with E-state index in [1.165, 1.54) is 15.9 Å². The maximum atomic E-state index is 12.8. The van der Waals surface area contributed by atoms with Crippen LogP contribution in [-0.4, -0.2) is 14.6 Å². The molecule has 0 atom stereocenters. The van der Waals surface area contributed by atoms with Crippen molar-refractivity contribution in [3.05, 3.63) is 90.9 Å². The predicted octanol–water partition coefficient (Wildman–Crippen LogP) is 5.24. The van der Waals surface area contributed by atoms with Crippen LogP contribution in [0.3, 0.4) is 0 Å². The van der Waals surface area contributed by atoms with Crippen LogP contribution in [0, 0.1) is 6.92 Å². The first-order chi connectivity index (χ1) is 14.5. The van der Waals surface area contributed by atoms with E-state index >= 15 is 0 Å². The molecule has 8 heteroatoms. The summed E-state index contributed by atoms with van der Waals surface area (Å²) < 4.78 is 7.70. The summed E-state index contributed by atoms with van der Waals surface area (Å²) in [5.74, 6) is 1.73. The zero-order valence-electron chi connectivity index (χ0n) is 15.6. The highest BCUT2D eigenvalue weighted by Gasteiger charge is 2.14. The summed E-state index contributed by atoms with van der Waals surface area (Å²) in [5, 5.41) is 5.33. The second-order valence-electron chi connectivity index (χ2n) is 6.69. The van der Waals surface area contributed by atoms with E-state index in [-0.39, 0.29) is 5.56 Å². The van der Waals surface area contributed by atoms with Crippen molar-refractivity contribution in [3.8, 4) is 22.7 Å². The van der Waals surface area contributed by atoms with Gasteiger partial charge in [-0.3, -0.25) is 4.79 Å². The van der Waals surface area contributed by atoms with E-state index in [1.807, 2.05) is 43.3 Å². The van der Waals surface area contributed by atoms with Crippen LogP contribution in [0.15, 0.2) is 63.8 Å². The number of halogens is 2. The minimum Gasteiger partial charge on any atom is -0.457 e. The molecule has 30 heavy (non-hydrogen) atoms. The number of rotatable bonds is 3. The van der Waals surface area contributed by atoms with Crippen LogP contribution in [0.5, 0.6) is 0 Å². The van der Waals surface area contributed by atoms with Crippen molar-refractivity contribution in [1.29, 1.82) is 0 Å². The third-order valence-electron chi connectivity index (χ3n) is 4.67. The smallest absolute Gasteiger partial charge is 0.291 e. The first kappa shape index (κ1) is 19.1. The molecule has 3 heterocycles. The minimum atomic E-state index is -0.227. The lowest BCUT2D eigenvalue weighted by Gasteiger charge is -1.99. The van der Waals surface area contributed by atoms with E-state index in [1.54, 1.807) is 24.3 Å². The third-order valence-corrected chi connectivity index (χ3v) is 6.37. The molecule has 148 valence electrons. The summed E-state index contributed by atoms with van der Waals surface area (Å²) in [7, 11) is 0. The Morgan fingerprint density at radius 3 is 2.67 bits per heavy atom. The fourth-order valence-electron chi connectivity index (χ4n) is 3.14. The molecule has 0 radical (unpaired) electrons. The summed E-state index contributed by atoms with van der Waals surface area (Å²) in [5.41, 5.74) is 2.54. The fourth-order valence-corrected chi connectivity index (χ4v) is 4.32. The van der Waals surface area contributed by atoms with Gasteiger partial charge in [-0.1, -0.05) is 58.8 Å². The average molecular weight is 454 g/mol. The summed E-state index contributed by atoms with van der Waals surface area (Å²) >= 11 is 13.3. The quantitative estimate of drug-likeness (QED) is 0.374. The SMILES string of the molecule is Cc1ccccc1-c1nc2sc(=Cc3ccc(-c4ccc(Cl)c(Cl)c4)o3)c(=O)n2n1. The normalized spacial score (nSPS) is 12.2. The topological polar surface area (TPSA) is 60.4 Å². The van der Waals surface area contributed by atoms with Gasteiger partial charge in [-0.25, -0.2) is 0 Å². The molecule has 0 saturated carbocycles. The molecule has 0 fully saturated rings. The number of thiazole rings is 1. The molecule has 3 aromatic heterocycles. The molecule has 5 nitrogen and oxygen atoms in total. The van der Waals surface area contributed by atoms with Gasteiger partial charge in [-0.2, -0.15) is 9.50 Å². The molecule has 0 aliphatic carbocycles. The Morgan fingerprint density at radius 1 is 1.07 bits per heavy atom. The van der Waals surface area contributed by atoms with Gasteiger partial charge in [0.25, 0.3) is 5.56 Å². The highest BCUT2D eigenvalue weighted by atomic mass is 35.5. The van der Waals surface area contributed by atoms with Gasteiger partial charge >= 0.3 is 0 Å². The number of fused-ring (bicyclic) bond motifs is 1. The van der Waals surface area contributed by atoms with E-state index in [0.29, 0.717) is 36.9 Å². The largest absolute Gasteiger partial charge is 0.457 e. The van der Waals surface area contributed by atoms with Crippen molar-refractivity contribution in [3.63, 3.8) is 0 Å². The molecule has 0 aliphatic heterocycles. The Labute approximate surface area is 184 Å². The summed E-state index contributed by atoms with van der Waals surface area (Å²) in [4.78, 5) is 17.9. The predicted molar refractivity (Wildman–Crippen MR) is 120 cm³/mol. The monoisotopic (exact) mass is 453 g/mol. The number of aromatic nitrogens is 3. The number of benzene rings is 2. The lowest BCUT2D eigenvalue weighted by atomic mass is 10.1. The molecule has 5 aromatic rings. The van der Waals surface area contributed by atoms with E-state index < -0.39 is 0 Å². The summed E-state index contributed by atoms with van der Waals surface area (Å²) in [6.07, 6.45) is 1.69. The standard InChI is InChI=1S/C22H13Cl2N3O2S/c1-12-4-2-3-5-15(12)20-25-22-27(26-20)21(28)19(30-22)11-14-7-9-18(29-14)13-6-8-16(23)17(24)10-13/h2-11H,1H3. The van der Waals surface area contributed by atoms with Crippen molar-refractivity contribution in [2.45, 2.75) is 6.92 Å². The zero-order chi connectivity index (χ0) is 20.8. The Balaban J connectivity index is 1.52. The van der Waals surface area contributed by atoms with E-state index in [4.69, 9.17) is 27.6 Å². The second-order valence-corrected chi connectivity index (χ2v) is 8.51. The fraction of sp³-hybridized carbons (Fsp3) is 0.0455. The second kappa shape index (κ2) is 7.40. The number of aryl methyl sites for hydroxylation is 1. The van der Waals surface area contributed by atoms with Crippen molar-refractivity contribution in [2.75, 3.05) is 0 Å². The average Bonchev–Trinajstić information content (AvgIpc) is 3.42. The molecule has 0 spiro atoms. The van der Waals surface area contributed by atoms with Crippen LogP contribution in [0.25, 0.3) is 33.7 Å². The Hall–Kier alpha value is -2.93. The molecule has 0 aliphatic rings. The highest BCUT2D eigenvalue weighted by Crippen LogP contribution is 2.29. The number of hydrogen-bond donors (Lipinski definition) is 0. The number of furan rings is 1. The van der Waals surface area contributed by atoms with Gasteiger partial charge < -0.3 is 4.42 Å². The molecular weight excluding hydrogens is 441 g/mol. The van der Waals surface area contributed by atoms with Crippen molar-refractivity contribution in [1.82, 2.24) is 14.6 Å². The molecular formula is C22H13Cl2N3O2S. The van der Waals surface area contributed by atoms with Gasteiger partial charge in [-0.05, 0) is 42.8 Å². The summed E-state index contributed by atoms with van der Waals surface area (Å²) in [6.45, 7) is 1.99. The summed E-state index contributed by atoms with van der Waals surface area (Å²) in [6, 6.07) is 16.7. The van der Waals surface area contributed by atoms with Gasteiger partial charge in [0.15, 0.2) is 5.82 Å². The number of hydrogen-bond acceptors (Lipinski definition) is 5. The van der Waals surface area contributed by atoms with Gasteiger partial charge in [0, 0.05) is 17.2 Å². The number of nitrogens with zero attached hydrogens (tertiary/aromatic N) is 3. The maximum absolute atomic E-state index is 12.8. The maximum Gasteiger partial charge on any atom is 0.291 e. The minimum absolute atomic E-state index is 0.227. The Bertz CT molecular complexity index is 1520. The van der Waals surface area contributed by atoms with Gasteiger partial charge in [-0.15, -0.1) is 5.10 Å². The van der Waals surface area contributed by atoms with Crippen LogP contribution in [0.1, 0.15) is 11.3 Å². The lowest BCUT2D eigenvalue weighted by molar-refractivity contribution is 0.571. The van der Waals surface area contributed by atoms with E-state index in [9.17, 15) is 4.79 Å². The Morgan fingerprint density at radius 2 is 1.90 bits per heavy atom. The molecule has 0 unspecified atom stereocenters. The van der Waals surface area contributed by atoms with Gasteiger partial charge in [0.1, 0.15) is 16.1 Å². The first-order valence-corrected chi connectivity index (χ1v) is 10.6. The highest BCUT2D eigenvalue weighted by molar-refractivity contribution is 7.15.